The lowest BCUT2D eigenvalue weighted by Gasteiger charge is -2.29. The summed E-state index contributed by atoms with van der Waals surface area (Å²) in [6.07, 6.45) is 7.62. The fourth-order valence-electron chi connectivity index (χ4n) is 9.43. The molecule has 2 saturated heterocycles. The number of sulfone groups is 1. The van der Waals surface area contributed by atoms with E-state index in [4.69, 9.17) is 48.4 Å². The van der Waals surface area contributed by atoms with Gasteiger partial charge in [0.15, 0.2) is 15.8 Å². The number of rotatable bonds is 21. The minimum absolute atomic E-state index is 0. The predicted octanol–water partition coefficient (Wildman–Crippen LogP) is 12.4. The summed E-state index contributed by atoms with van der Waals surface area (Å²) in [4.78, 5) is 60.9. The highest BCUT2D eigenvalue weighted by molar-refractivity contribution is 7.92. The number of nitrogens with one attached hydrogen (secondary N) is 2. The third-order valence-corrected chi connectivity index (χ3v) is 16.9. The van der Waals surface area contributed by atoms with Gasteiger partial charge in [0.05, 0.1) is 45.8 Å². The number of amides is 2. The number of carbonyl (C=O) groups excluding carboxylic acids is 3. The quantitative estimate of drug-likeness (QED) is 0.0448. The number of benzene rings is 2. The Kier molecular flexibility index (Phi) is 20.3. The molecule has 4 N–H and O–H groups in total. The Morgan fingerprint density at radius 2 is 1.19 bits per heavy atom. The van der Waals surface area contributed by atoms with Gasteiger partial charge in [-0.2, -0.15) is 8.42 Å². The maximum absolute atomic E-state index is 13.6. The highest BCUT2D eigenvalue weighted by Crippen LogP contribution is 2.38. The second-order valence-corrected chi connectivity index (χ2v) is 24.1. The number of sulfonamides is 1. The summed E-state index contributed by atoms with van der Waals surface area (Å²) < 4.78 is 66.1. The molecule has 8 rings (SSSR count). The largest absolute Gasteiger partial charge is 0.492 e. The van der Waals surface area contributed by atoms with E-state index in [-0.39, 0.29) is 71.4 Å². The number of nitrogens with zero attached hydrogens (tertiary/aromatic N) is 6. The molecule has 0 saturated carbocycles. The fourth-order valence-corrected chi connectivity index (χ4v) is 11.9. The molecular weight excluding hydrogens is 1100 g/mol. The van der Waals surface area contributed by atoms with Crippen molar-refractivity contribution in [2.45, 2.75) is 127 Å². The lowest BCUT2D eigenvalue weighted by molar-refractivity contribution is -0.116. The first-order chi connectivity index (χ1) is 38.1. The Labute approximate surface area is 485 Å². The molecule has 22 heteroatoms. The van der Waals surface area contributed by atoms with Crippen LogP contribution in [0.3, 0.4) is 0 Å². The number of nitrogens with two attached hydrogens (primary N) is 1. The van der Waals surface area contributed by atoms with Crippen LogP contribution in [-0.4, -0.2) is 97.5 Å². The zero-order valence-corrected chi connectivity index (χ0v) is 48.8. The number of hydrogen-bond donors (Lipinski definition) is 3. The van der Waals surface area contributed by atoms with E-state index >= 15 is 0 Å². The molecule has 4 aromatic heterocycles. The molecule has 2 fully saturated rings. The average Bonchev–Trinajstić information content (AvgIpc) is 4.09. The molecule has 0 unspecified atom stereocenters. The lowest BCUT2D eigenvalue weighted by atomic mass is 10.1. The Morgan fingerprint density at radius 3 is 1.70 bits per heavy atom. The summed E-state index contributed by atoms with van der Waals surface area (Å²) in [5.74, 6) is -0.374. The number of hydrogen-bond acceptors (Lipinski definition) is 16. The van der Waals surface area contributed by atoms with Gasteiger partial charge in [-0.1, -0.05) is 67.4 Å². The number of halogens is 2. The third kappa shape index (κ3) is 14.8. The van der Waals surface area contributed by atoms with Gasteiger partial charge in [0, 0.05) is 48.8 Å². The van der Waals surface area contributed by atoms with Gasteiger partial charge in [-0.25, -0.2) is 33.1 Å². The van der Waals surface area contributed by atoms with E-state index in [1.54, 1.807) is 48.5 Å². The van der Waals surface area contributed by atoms with E-state index in [0.29, 0.717) is 64.2 Å². The third-order valence-electron chi connectivity index (χ3n) is 13.5. The monoisotopic (exact) mass is 1180 g/mol. The van der Waals surface area contributed by atoms with E-state index in [2.05, 4.69) is 45.3 Å². The zero-order chi connectivity index (χ0) is 57.9. The van der Waals surface area contributed by atoms with E-state index in [1.807, 2.05) is 50.8 Å². The molecule has 2 aromatic carbocycles. The number of allylic oxidation sites excluding steroid dienone is 1. The van der Waals surface area contributed by atoms with Crippen LogP contribution >= 0.6 is 23.2 Å². The zero-order valence-electron chi connectivity index (χ0n) is 45.6. The molecule has 0 radical (unpaired) electrons. The number of aromatic nitrogens is 4. The molecule has 434 valence electrons. The maximum atomic E-state index is 13.6. The Balaban J connectivity index is 0.000000553. The van der Waals surface area contributed by atoms with Crippen LogP contribution in [0.5, 0.6) is 11.5 Å². The predicted molar refractivity (Wildman–Crippen MR) is 325 cm³/mol. The molecule has 6 heterocycles. The van der Waals surface area contributed by atoms with Crippen molar-refractivity contribution >= 4 is 83.9 Å². The van der Waals surface area contributed by atoms with Crippen molar-refractivity contribution in [2.75, 3.05) is 39.8 Å². The van der Waals surface area contributed by atoms with Gasteiger partial charge >= 0.3 is 0 Å². The summed E-state index contributed by atoms with van der Waals surface area (Å²) in [5.41, 5.74) is 8.77. The summed E-state index contributed by atoms with van der Waals surface area (Å²) in [6.45, 7) is 16.9. The van der Waals surface area contributed by atoms with E-state index < -0.39 is 42.3 Å². The summed E-state index contributed by atoms with van der Waals surface area (Å²) in [5, 5.41) is 2.92. The molecule has 2 amide bonds. The second kappa shape index (κ2) is 26.9. The Morgan fingerprint density at radius 1 is 0.688 bits per heavy atom. The van der Waals surface area contributed by atoms with Crippen molar-refractivity contribution in [3.8, 4) is 34.0 Å². The molecule has 2 aliphatic rings. The van der Waals surface area contributed by atoms with E-state index in [0.717, 1.165) is 49.7 Å². The van der Waals surface area contributed by atoms with Gasteiger partial charge < -0.3 is 30.3 Å². The number of nitrogen functional groups attached to an aromatic ring is 1. The summed E-state index contributed by atoms with van der Waals surface area (Å²) in [6, 6.07) is 26.4. The van der Waals surface area contributed by atoms with Crippen LogP contribution in [-0.2, 0) is 24.7 Å². The molecule has 18 nitrogen and oxygen atoms in total. The van der Waals surface area contributed by atoms with Crippen LogP contribution < -0.4 is 35.0 Å². The number of carbonyl (C=O) groups is 3. The van der Waals surface area contributed by atoms with Crippen LogP contribution in [0.2, 0.25) is 10.0 Å². The lowest BCUT2D eigenvalue weighted by Crippen LogP contribution is -2.37. The van der Waals surface area contributed by atoms with Crippen molar-refractivity contribution in [3.05, 3.63) is 131 Å². The second-order valence-electron chi connectivity index (χ2n) is 19.7. The Bertz CT molecular complexity index is 3490. The van der Waals surface area contributed by atoms with E-state index in [9.17, 15) is 31.2 Å². The van der Waals surface area contributed by atoms with Crippen LogP contribution in [0.15, 0.2) is 120 Å². The smallest absolute Gasteiger partial charge is 0.281 e. The maximum Gasteiger partial charge on any atom is 0.281 e. The standard InChI is InChI=1S/C31H36ClN5O5S.C27H31ClN4O4S.5H2/c1-5-7-10-28(38)34-27-9-8-11-29(35-27)43(40,41)36-31(39)23-15-17-25(33-30(23)37-20(3)12-13-21(37)4)22-14-16-24(32)26(19-22)42-18-6-2;1-4-14-36-24-15-19(10-12-21(24)28)22-13-11-20(27(30-22)32-17(2)8-9-18(32)3)23(33)16-37(34,35)26-7-5-6-25(29)31-26;;;;;/h5,8-9,11,14-17,19-21H,1,6-7,10,12-13,18H2,2-4H3,(H,36,39)(H,34,35,38);5-7,10-13,15,17-18H,4,8-9,14,16H2,1-3H3,(H2,29,31);5*1H/t20-,21+;17-,18+;;;;;. The first kappa shape index (κ1) is 60.5. The van der Waals surface area contributed by atoms with Gasteiger partial charge in [0.2, 0.25) is 15.7 Å². The van der Waals surface area contributed by atoms with Crippen LogP contribution in [0.4, 0.5) is 23.3 Å². The van der Waals surface area contributed by atoms with Gasteiger partial charge in [0.1, 0.15) is 40.5 Å². The van der Waals surface area contributed by atoms with E-state index in [1.165, 1.54) is 36.4 Å². The van der Waals surface area contributed by atoms with Crippen molar-refractivity contribution < 1.29 is 47.8 Å². The first-order valence-corrected chi connectivity index (χ1v) is 30.4. The Hall–Kier alpha value is -7.13. The number of ether oxygens (including phenoxy) is 2. The molecule has 80 heavy (non-hydrogen) atoms. The topological polar surface area (TPSA) is 246 Å². The average molecular weight is 1180 g/mol. The summed E-state index contributed by atoms with van der Waals surface area (Å²) >= 11 is 12.6. The minimum atomic E-state index is -4.39. The molecule has 0 aliphatic carbocycles. The van der Waals surface area contributed by atoms with Crippen molar-refractivity contribution in [1.29, 1.82) is 0 Å². The van der Waals surface area contributed by atoms with Gasteiger partial charge in [-0.15, -0.1) is 6.58 Å². The molecule has 6 aromatic rings. The van der Waals surface area contributed by atoms with Crippen molar-refractivity contribution in [3.63, 3.8) is 0 Å². The molecular formula is C58H77Cl2N9O9S2. The minimum Gasteiger partial charge on any atom is -0.492 e. The van der Waals surface area contributed by atoms with Crippen LogP contribution in [0.25, 0.3) is 22.5 Å². The van der Waals surface area contributed by atoms with Crippen LogP contribution in [0.1, 0.15) is 121 Å². The summed E-state index contributed by atoms with van der Waals surface area (Å²) in [7, 11) is -8.38. The highest BCUT2D eigenvalue weighted by atomic mass is 35.5. The van der Waals surface area contributed by atoms with Gasteiger partial charge in [0.25, 0.3) is 15.9 Å². The highest BCUT2D eigenvalue weighted by Gasteiger charge is 2.35. The van der Waals surface area contributed by atoms with Crippen LogP contribution in [0, 0.1) is 0 Å². The molecule has 2 aliphatic heterocycles. The SMILES string of the molecule is C=CCCC(=O)Nc1cccc(S(=O)(=O)NC(=O)c2ccc(-c3ccc(Cl)c(OCCC)c3)nc2N2[C@H](C)CC[C@@H]2C)n1.CCCOc1cc(-c2ccc(C(=O)CS(=O)(=O)c3cccc(N)n3)c(N3[C@H](C)CC[C@@H]3C)n2)ccc1Cl.[HH].[HH].[HH].[HH].[HH]. The normalized spacial score (nSPS) is 17.1. The fraction of sp³-hybridized carbons (Fsp3) is 0.362. The number of anilines is 4. The molecule has 0 spiro atoms. The van der Waals surface area contributed by atoms with Crippen molar-refractivity contribution in [2.24, 2.45) is 0 Å². The number of Topliss-reactive ketones (excluding diaryl/α,β-unsaturated/α-hetero) is 1. The molecule has 4 atom stereocenters. The van der Waals surface area contributed by atoms with Gasteiger partial charge in [-0.3, -0.25) is 14.4 Å². The number of ketones is 1. The first-order valence-electron chi connectivity index (χ1n) is 26.5. The van der Waals surface area contributed by atoms with Crippen molar-refractivity contribution in [1.82, 2.24) is 24.7 Å². The van der Waals surface area contributed by atoms with Gasteiger partial charge in [-0.05, 0) is 145 Å². The number of pyridine rings is 4. The molecule has 0 bridgehead atoms.